The van der Waals surface area contributed by atoms with Gasteiger partial charge in [0.25, 0.3) is 0 Å². The molecule has 0 saturated carbocycles. The third-order valence-electron chi connectivity index (χ3n) is 2.32. The highest BCUT2D eigenvalue weighted by molar-refractivity contribution is 14.1. The maximum atomic E-state index is 12.2. The summed E-state index contributed by atoms with van der Waals surface area (Å²) in [6.45, 7) is 1.80. The van der Waals surface area contributed by atoms with Gasteiger partial charge in [-0.2, -0.15) is 13.2 Å². The Morgan fingerprint density at radius 1 is 1.15 bits per heavy atom. The first-order valence-electron chi connectivity index (χ1n) is 5.32. The van der Waals surface area contributed by atoms with Crippen LogP contribution in [0.1, 0.15) is 5.69 Å². The van der Waals surface area contributed by atoms with Crippen molar-refractivity contribution in [1.29, 1.82) is 0 Å². The molecule has 0 spiro atoms. The minimum absolute atomic E-state index is 0.120. The number of aryl methyl sites for hydroxylation is 1. The van der Waals surface area contributed by atoms with Gasteiger partial charge in [-0.3, -0.25) is 0 Å². The largest absolute Gasteiger partial charge is 0.446 e. The molecule has 2 rings (SSSR count). The predicted octanol–water partition coefficient (Wildman–Crippen LogP) is 5.32. The highest BCUT2D eigenvalue weighted by Crippen LogP contribution is 2.37. The van der Waals surface area contributed by atoms with Crippen LogP contribution in [-0.4, -0.2) is 15.5 Å². The van der Waals surface area contributed by atoms with Crippen molar-refractivity contribution < 1.29 is 13.2 Å². The van der Waals surface area contributed by atoms with Crippen LogP contribution in [0.15, 0.2) is 29.2 Å². The first kappa shape index (κ1) is 15.8. The third kappa shape index (κ3) is 3.98. The Kier molecular flexibility index (Phi) is 4.80. The van der Waals surface area contributed by atoms with Crippen LogP contribution in [0.5, 0.6) is 0 Å². The van der Waals surface area contributed by atoms with Crippen molar-refractivity contribution in [3.8, 4) is 11.4 Å². The maximum Gasteiger partial charge on any atom is 0.446 e. The topological polar surface area (TPSA) is 25.8 Å². The first-order chi connectivity index (χ1) is 9.26. The molecule has 106 valence electrons. The summed E-state index contributed by atoms with van der Waals surface area (Å²) >= 11 is 7.86. The van der Waals surface area contributed by atoms with Crippen molar-refractivity contribution in [3.63, 3.8) is 0 Å². The Hall–Kier alpha value is -0.540. The van der Waals surface area contributed by atoms with Crippen LogP contribution >= 0.6 is 46.0 Å². The van der Waals surface area contributed by atoms with Gasteiger partial charge in [0.1, 0.15) is 5.15 Å². The van der Waals surface area contributed by atoms with Crippen LogP contribution in [0, 0.1) is 10.5 Å². The highest BCUT2D eigenvalue weighted by atomic mass is 127. The Morgan fingerprint density at radius 3 is 2.25 bits per heavy atom. The van der Waals surface area contributed by atoms with Gasteiger partial charge in [-0.1, -0.05) is 23.7 Å². The molecular formula is C12H7ClF3IN2S. The number of aromatic nitrogens is 2. The van der Waals surface area contributed by atoms with E-state index in [2.05, 4.69) is 9.97 Å². The molecule has 0 unspecified atom stereocenters. The van der Waals surface area contributed by atoms with E-state index >= 15 is 0 Å². The number of alkyl halides is 3. The van der Waals surface area contributed by atoms with Crippen LogP contribution < -0.4 is 0 Å². The fraction of sp³-hybridized carbons (Fsp3) is 0.167. The number of hydrogen-bond acceptors (Lipinski definition) is 3. The van der Waals surface area contributed by atoms with Crippen LogP contribution in [0.2, 0.25) is 5.15 Å². The molecule has 2 aromatic rings. The average Bonchev–Trinajstić information content (AvgIpc) is 2.34. The minimum Gasteiger partial charge on any atom is -0.232 e. The lowest BCUT2D eigenvalue weighted by Gasteiger charge is -2.07. The van der Waals surface area contributed by atoms with Crippen molar-refractivity contribution >= 4 is 46.0 Å². The summed E-state index contributed by atoms with van der Waals surface area (Å²) in [5, 5.41) is 0.335. The van der Waals surface area contributed by atoms with E-state index in [9.17, 15) is 13.2 Å². The van der Waals surface area contributed by atoms with Gasteiger partial charge in [-0.05, 0) is 53.4 Å². The second-order valence-corrected chi connectivity index (χ2v) is 6.38. The molecule has 0 fully saturated rings. The van der Waals surface area contributed by atoms with E-state index in [1.54, 1.807) is 19.1 Å². The fourth-order valence-corrected chi connectivity index (χ4v) is 2.46. The van der Waals surface area contributed by atoms with Crippen molar-refractivity contribution in [1.82, 2.24) is 9.97 Å². The average molecular weight is 431 g/mol. The summed E-state index contributed by atoms with van der Waals surface area (Å²) in [4.78, 5) is 8.52. The van der Waals surface area contributed by atoms with Crippen LogP contribution in [0.3, 0.4) is 0 Å². The van der Waals surface area contributed by atoms with Crippen LogP contribution in [-0.2, 0) is 0 Å². The predicted molar refractivity (Wildman–Crippen MR) is 81.8 cm³/mol. The second kappa shape index (κ2) is 6.07. The molecule has 1 heterocycles. The van der Waals surface area contributed by atoms with Gasteiger partial charge < -0.3 is 0 Å². The summed E-state index contributed by atoms with van der Waals surface area (Å²) in [6, 6.07) is 5.87. The summed E-state index contributed by atoms with van der Waals surface area (Å²) in [7, 11) is 0. The lowest BCUT2D eigenvalue weighted by molar-refractivity contribution is -0.0328. The van der Waals surface area contributed by atoms with Crippen molar-refractivity contribution in [2.45, 2.75) is 17.3 Å². The fourth-order valence-electron chi connectivity index (χ4n) is 1.46. The van der Waals surface area contributed by atoms with E-state index < -0.39 is 5.51 Å². The van der Waals surface area contributed by atoms with Crippen LogP contribution in [0.25, 0.3) is 11.4 Å². The van der Waals surface area contributed by atoms with Gasteiger partial charge in [0.15, 0.2) is 5.82 Å². The third-order valence-corrected chi connectivity index (χ3v) is 4.95. The number of benzene rings is 1. The Morgan fingerprint density at radius 2 is 1.75 bits per heavy atom. The molecule has 0 amide bonds. The molecule has 1 aromatic carbocycles. The number of nitrogens with zero attached hydrogens (tertiary/aromatic N) is 2. The molecule has 0 aliphatic rings. The standard InChI is InChI=1S/C12H7ClF3IN2S/c1-6-9(17)10(13)19-11(18-6)7-2-4-8(5-3-7)20-12(14,15)16/h2-5H,1H3. The van der Waals surface area contributed by atoms with Gasteiger partial charge in [0.2, 0.25) is 0 Å². The summed E-state index contributed by atoms with van der Waals surface area (Å²) in [5.74, 6) is 0.400. The van der Waals surface area contributed by atoms with E-state index in [-0.39, 0.29) is 16.7 Å². The molecule has 0 N–H and O–H groups in total. The molecule has 0 atom stereocenters. The molecule has 1 aromatic heterocycles. The van der Waals surface area contributed by atoms with Gasteiger partial charge >= 0.3 is 5.51 Å². The van der Waals surface area contributed by atoms with Gasteiger partial charge in [-0.15, -0.1) is 0 Å². The van der Waals surface area contributed by atoms with E-state index in [4.69, 9.17) is 11.6 Å². The van der Waals surface area contributed by atoms with Crippen molar-refractivity contribution in [2.24, 2.45) is 0 Å². The smallest absolute Gasteiger partial charge is 0.232 e. The molecule has 20 heavy (non-hydrogen) atoms. The molecule has 0 bridgehead atoms. The number of hydrogen-bond donors (Lipinski definition) is 0. The zero-order chi connectivity index (χ0) is 14.9. The van der Waals surface area contributed by atoms with Gasteiger partial charge in [0.05, 0.1) is 9.26 Å². The van der Waals surface area contributed by atoms with Crippen LogP contribution in [0.4, 0.5) is 13.2 Å². The van der Waals surface area contributed by atoms with Gasteiger partial charge in [0, 0.05) is 10.5 Å². The molecular weight excluding hydrogens is 424 g/mol. The van der Waals surface area contributed by atoms with E-state index in [1.165, 1.54) is 12.1 Å². The van der Waals surface area contributed by atoms with E-state index in [1.807, 2.05) is 22.6 Å². The second-order valence-electron chi connectivity index (χ2n) is 3.81. The molecule has 8 heteroatoms. The summed E-state index contributed by atoms with van der Waals surface area (Å²) in [6.07, 6.45) is 0. The monoisotopic (exact) mass is 430 g/mol. The zero-order valence-corrected chi connectivity index (χ0v) is 13.7. The lowest BCUT2D eigenvalue weighted by Crippen LogP contribution is -1.99. The van der Waals surface area contributed by atoms with E-state index in [0.717, 1.165) is 9.26 Å². The number of halogens is 5. The van der Waals surface area contributed by atoms with Crippen molar-refractivity contribution in [2.75, 3.05) is 0 Å². The zero-order valence-electron chi connectivity index (χ0n) is 10.0. The normalized spacial score (nSPS) is 11.7. The number of thioether (sulfide) groups is 1. The molecule has 0 saturated heterocycles. The first-order valence-corrected chi connectivity index (χ1v) is 7.59. The maximum absolute atomic E-state index is 12.2. The minimum atomic E-state index is -4.29. The quantitative estimate of drug-likeness (QED) is 0.366. The molecule has 0 radical (unpaired) electrons. The van der Waals surface area contributed by atoms with Gasteiger partial charge in [-0.25, -0.2) is 9.97 Å². The highest BCUT2D eigenvalue weighted by Gasteiger charge is 2.29. The van der Waals surface area contributed by atoms with Crippen molar-refractivity contribution in [3.05, 3.63) is 38.7 Å². The SMILES string of the molecule is Cc1nc(-c2ccc(SC(F)(F)F)cc2)nc(Cl)c1I. The molecule has 2 nitrogen and oxygen atoms in total. The number of rotatable bonds is 2. The summed E-state index contributed by atoms with van der Waals surface area (Å²) in [5.41, 5.74) is -2.94. The Labute approximate surface area is 136 Å². The molecule has 0 aliphatic heterocycles. The lowest BCUT2D eigenvalue weighted by atomic mass is 10.2. The molecule has 0 aliphatic carbocycles. The Bertz CT molecular complexity index is 609. The Balaban J connectivity index is 2.31. The van der Waals surface area contributed by atoms with E-state index in [0.29, 0.717) is 16.5 Å². The summed E-state index contributed by atoms with van der Waals surface area (Å²) < 4.78 is 37.5.